The lowest BCUT2D eigenvalue weighted by Gasteiger charge is -2.15. The second-order valence-electron chi connectivity index (χ2n) is 3.72. The maximum atomic E-state index is 11.4. The molecule has 1 fully saturated rings. The Bertz CT molecular complexity index is 730. The molecule has 0 saturated carbocycles. The molecular formula is C9H6N8O3. The fourth-order valence-electron chi connectivity index (χ4n) is 1.55. The third-order valence-corrected chi connectivity index (χ3v) is 2.44. The smallest absolute Gasteiger partial charge is 0.328 e. The van der Waals surface area contributed by atoms with E-state index < -0.39 is 23.9 Å². The zero-order valence-corrected chi connectivity index (χ0v) is 9.69. The number of urea groups is 1. The van der Waals surface area contributed by atoms with Crippen LogP contribution in [-0.2, 0) is 9.59 Å². The minimum atomic E-state index is -1.45. The number of barbiturate groups is 1. The molecule has 3 rings (SSSR count). The Morgan fingerprint density at radius 3 is 2.55 bits per heavy atom. The van der Waals surface area contributed by atoms with Gasteiger partial charge in [-0.3, -0.25) is 20.2 Å². The topological polar surface area (TPSA) is 154 Å². The molecule has 2 aromatic rings. The molecule has 1 saturated heterocycles. The van der Waals surface area contributed by atoms with Crippen molar-refractivity contribution < 1.29 is 14.4 Å². The van der Waals surface area contributed by atoms with Crippen LogP contribution in [0, 0.1) is 0 Å². The number of nitrogens with zero attached hydrogens (tertiary/aromatic N) is 5. The number of fused-ring (bicyclic) bond motifs is 1. The Morgan fingerprint density at radius 1 is 1.05 bits per heavy atom. The molecule has 0 atom stereocenters. The lowest BCUT2D eigenvalue weighted by atomic mass is 10.2. The van der Waals surface area contributed by atoms with E-state index in [0.29, 0.717) is 11.2 Å². The second-order valence-corrected chi connectivity index (χ2v) is 3.72. The van der Waals surface area contributed by atoms with Crippen molar-refractivity contribution in [1.29, 1.82) is 0 Å². The van der Waals surface area contributed by atoms with Crippen LogP contribution in [0.4, 0.5) is 10.6 Å². The first-order chi connectivity index (χ1) is 9.65. The van der Waals surface area contributed by atoms with Crippen LogP contribution < -0.4 is 10.6 Å². The first-order valence-electron chi connectivity index (χ1n) is 5.36. The number of carbonyl (C=O) groups excluding carboxylic acids is 3. The summed E-state index contributed by atoms with van der Waals surface area (Å²) in [4.78, 5) is 48.2. The molecule has 100 valence electrons. The summed E-state index contributed by atoms with van der Waals surface area (Å²) in [6, 6.07) is -2.33. The summed E-state index contributed by atoms with van der Waals surface area (Å²) in [7, 11) is 0. The molecule has 11 nitrogen and oxygen atoms in total. The highest BCUT2D eigenvalue weighted by Gasteiger charge is 2.34. The summed E-state index contributed by atoms with van der Waals surface area (Å²) in [5.41, 5.74) is 0.797. The zero-order valence-electron chi connectivity index (χ0n) is 9.69. The highest BCUT2D eigenvalue weighted by atomic mass is 16.2. The molecule has 0 aromatic carbocycles. The number of carbonyl (C=O) groups is 3. The van der Waals surface area contributed by atoms with Crippen LogP contribution in [0.2, 0.25) is 0 Å². The molecule has 0 spiro atoms. The van der Waals surface area contributed by atoms with Crippen LogP contribution in [0.5, 0.6) is 0 Å². The lowest BCUT2D eigenvalue weighted by molar-refractivity contribution is -0.131. The summed E-state index contributed by atoms with van der Waals surface area (Å²) in [5, 5.41) is 11.1. The van der Waals surface area contributed by atoms with Crippen LogP contribution in [0.1, 0.15) is 0 Å². The van der Waals surface area contributed by atoms with Gasteiger partial charge in [0.25, 0.3) is 11.8 Å². The van der Waals surface area contributed by atoms with E-state index in [0.717, 1.165) is 0 Å². The van der Waals surface area contributed by atoms with E-state index in [9.17, 15) is 14.4 Å². The van der Waals surface area contributed by atoms with E-state index in [2.05, 4.69) is 30.2 Å². The molecule has 0 aliphatic carbocycles. The highest BCUT2D eigenvalue weighted by Crippen LogP contribution is 2.18. The van der Waals surface area contributed by atoms with Crippen LogP contribution in [0.25, 0.3) is 11.2 Å². The van der Waals surface area contributed by atoms with Crippen molar-refractivity contribution in [3.05, 3.63) is 12.7 Å². The fourth-order valence-corrected chi connectivity index (χ4v) is 1.55. The van der Waals surface area contributed by atoms with Gasteiger partial charge in [-0.15, -0.1) is 5.11 Å². The average Bonchev–Trinajstić information content (AvgIpc) is 2.86. The van der Waals surface area contributed by atoms with Gasteiger partial charge in [0.2, 0.25) is 11.9 Å². The number of amides is 4. The highest BCUT2D eigenvalue weighted by molar-refractivity contribution is 6.18. The molecule has 3 N–H and O–H groups in total. The number of hydrogen-bond donors (Lipinski definition) is 3. The van der Waals surface area contributed by atoms with Crippen molar-refractivity contribution >= 4 is 34.8 Å². The first kappa shape index (κ1) is 11.8. The number of azo groups is 1. The van der Waals surface area contributed by atoms with Crippen LogP contribution in [0.15, 0.2) is 22.9 Å². The van der Waals surface area contributed by atoms with Crippen LogP contribution in [0.3, 0.4) is 0 Å². The molecule has 1 aliphatic heterocycles. The van der Waals surface area contributed by atoms with Crippen molar-refractivity contribution in [1.82, 2.24) is 30.6 Å². The maximum absolute atomic E-state index is 11.4. The minimum Gasteiger partial charge on any atom is -0.329 e. The molecule has 0 radical (unpaired) electrons. The zero-order chi connectivity index (χ0) is 14.1. The largest absolute Gasteiger partial charge is 0.329 e. The predicted molar refractivity (Wildman–Crippen MR) is 61.7 cm³/mol. The molecule has 2 aromatic heterocycles. The Hall–Kier alpha value is -3.24. The van der Waals surface area contributed by atoms with Crippen LogP contribution >= 0.6 is 0 Å². The summed E-state index contributed by atoms with van der Waals surface area (Å²) < 4.78 is 0. The Labute approximate surface area is 109 Å². The minimum absolute atomic E-state index is 0.105. The summed E-state index contributed by atoms with van der Waals surface area (Å²) in [6.45, 7) is 0. The molecule has 0 unspecified atom stereocenters. The molecular weight excluding hydrogens is 268 g/mol. The number of imide groups is 2. The summed E-state index contributed by atoms with van der Waals surface area (Å²) in [6.07, 6.45) is 2.64. The van der Waals surface area contributed by atoms with Gasteiger partial charge >= 0.3 is 6.03 Å². The fraction of sp³-hybridized carbons (Fsp3) is 0.111. The standard InChI is InChI=1S/C9H6N8O3/c18-7-4(8(19)15-9(20)14-7)16-17-6-3-5(11-1-10-3)12-2-13-6/h1-2,4H,(H,10,11,12,13)(H2,14,15,18,19,20)/b17-16+. The van der Waals surface area contributed by atoms with Gasteiger partial charge < -0.3 is 4.98 Å². The van der Waals surface area contributed by atoms with Crippen LogP contribution in [-0.4, -0.2) is 43.8 Å². The van der Waals surface area contributed by atoms with Gasteiger partial charge in [-0.1, -0.05) is 0 Å². The van der Waals surface area contributed by atoms with Gasteiger partial charge in [0.15, 0.2) is 11.2 Å². The van der Waals surface area contributed by atoms with Crippen molar-refractivity contribution in [2.75, 3.05) is 0 Å². The van der Waals surface area contributed by atoms with Gasteiger partial charge in [-0.2, -0.15) is 5.11 Å². The third-order valence-electron chi connectivity index (χ3n) is 2.44. The number of imidazole rings is 1. The van der Waals surface area contributed by atoms with Crippen molar-refractivity contribution in [3.8, 4) is 0 Å². The number of H-pyrrole nitrogens is 1. The number of aromatic amines is 1. The van der Waals surface area contributed by atoms with E-state index in [1.807, 2.05) is 10.6 Å². The normalized spacial score (nSPS) is 16.7. The number of rotatable bonds is 2. The number of aromatic nitrogens is 4. The number of hydrogen-bond acceptors (Lipinski definition) is 8. The molecule has 4 amide bonds. The second kappa shape index (κ2) is 4.46. The average molecular weight is 274 g/mol. The van der Waals surface area contributed by atoms with Gasteiger partial charge in [-0.25, -0.2) is 19.7 Å². The maximum Gasteiger partial charge on any atom is 0.328 e. The Morgan fingerprint density at radius 2 is 1.80 bits per heavy atom. The molecule has 0 bridgehead atoms. The molecule has 11 heteroatoms. The van der Waals surface area contributed by atoms with Crippen molar-refractivity contribution in [2.24, 2.45) is 10.2 Å². The Kier molecular flexibility index (Phi) is 2.64. The molecule has 3 heterocycles. The van der Waals surface area contributed by atoms with E-state index in [1.54, 1.807) is 0 Å². The first-order valence-corrected chi connectivity index (χ1v) is 5.36. The van der Waals surface area contributed by atoms with E-state index in [1.165, 1.54) is 12.7 Å². The van der Waals surface area contributed by atoms with Crippen molar-refractivity contribution in [2.45, 2.75) is 6.04 Å². The van der Waals surface area contributed by atoms with Gasteiger partial charge in [0.1, 0.15) is 6.33 Å². The Balaban J connectivity index is 1.90. The predicted octanol–water partition coefficient (Wildman–Crippen LogP) is -0.829. The SMILES string of the molecule is O=C1NC(=O)C(/N=N/c2ncnc3[nH]cnc23)C(=O)N1. The van der Waals surface area contributed by atoms with Crippen molar-refractivity contribution in [3.63, 3.8) is 0 Å². The lowest BCUT2D eigenvalue weighted by Crippen LogP contribution is -2.57. The van der Waals surface area contributed by atoms with Gasteiger partial charge in [0, 0.05) is 0 Å². The third kappa shape index (κ3) is 1.96. The van der Waals surface area contributed by atoms with Gasteiger partial charge in [-0.05, 0) is 0 Å². The van der Waals surface area contributed by atoms with E-state index in [4.69, 9.17) is 0 Å². The van der Waals surface area contributed by atoms with E-state index >= 15 is 0 Å². The molecule has 20 heavy (non-hydrogen) atoms. The van der Waals surface area contributed by atoms with E-state index in [-0.39, 0.29) is 5.82 Å². The number of nitrogens with one attached hydrogen (secondary N) is 3. The molecule has 1 aliphatic rings. The monoisotopic (exact) mass is 274 g/mol. The quantitative estimate of drug-likeness (QED) is 0.479. The summed E-state index contributed by atoms with van der Waals surface area (Å²) >= 11 is 0. The summed E-state index contributed by atoms with van der Waals surface area (Å²) in [5.74, 6) is -1.60. The van der Waals surface area contributed by atoms with Gasteiger partial charge in [0.05, 0.1) is 6.33 Å².